The van der Waals surface area contributed by atoms with Crippen LogP contribution in [0.2, 0.25) is 0 Å². The van der Waals surface area contributed by atoms with Crippen LogP contribution in [0.3, 0.4) is 0 Å². The van der Waals surface area contributed by atoms with Crippen LogP contribution in [0.15, 0.2) is 12.2 Å². The first-order valence-corrected chi connectivity index (χ1v) is 6.90. The number of hydrogen-bond donors (Lipinski definition) is 1. The molecule has 1 aliphatic heterocycles. The van der Waals surface area contributed by atoms with Crippen molar-refractivity contribution in [1.29, 1.82) is 0 Å². The molecule has 2 heteroatoms. The maximum absolute atomic E-state index is 5.73. The van der Waals surface area contributed by atoms with Crippen molar-refractivity contribution in [2.45, 2.75) is 44.8 Å². The molecule has 2 aliphatic carbocycles. The van der Waals surface area contributed by atoms with Crippen molar-refractivity contribution >= 4 is 0 Å². The topological polar surface area (TPSA) is 21.3 Å². The number of nitrogens with one attached hydrogen (secondary N) is 1. The molecule has 0 radical (unpaired) electrons. The molecule has 0 amide bonds. The van der Waals surface area contributed by atoms with Gasteiger partial charge in [0.1, 0.15) is 0 Å². The minimum atomic E-state index is 0.516. The van der Waals surface area contributed by atoms with E-state index in [0.717, 1.165) is 30.4 Å². The van der Waals surface area contributed by atoms with Gasteiger partial charge in [0.2, 0.25) is 0 Å². The molecule has 0 aromatic rings. The predicted molar refractivity (Wildman–Crippen MR) is 65.3 cm³/mol. The molecule has 3 aliphatic rings. The maximum atomic E-state index is 5.73. The van der Waals surface area contributed by atoms with Crippen molar-refractivity contribution in [3.63, 3.8) is 0 Å². The van der Waals surface area contributed by atoms with Crippen LogP contribution in [0.5, 0.6) is 0 Å². The van der Waals surface area contributed by atoms with Crippen molar-refractivity contribution in [2.75, 3.05) is 13.2 Å². The summed E-state index contributed by atoms with van der Waals surface area (Å²) >= 11 is 0. The number of hydrogen-bond acceptors (Lipinski definition) is 2. The largest absolute Gasteiger partial charge is 0.378 e. The molecule has 1 saturated carbocycles. The molecule has 1 saturated heterocycles. The van der Waals surface area contributed by atoms with Gasteiger partial charge in [-0.2, -0.15) is 0 Å². The summed E-state index contributed by atoms with van der Waals surface area (Å²) in [6, 6.07) is 0.766. The highest BCUT2D eigenvalue weighted by Crippen LogP contribution is 2.42. The average Bonchev–Trinajstić information content (AvgIpc) is 2.86. The predicted octanol–water partition coefficient (Wildman–Crippen LogP) is 2.36. The van der Waals surface area contributed by atoms with E-state index in [4.69, 9.17) is 4.74 Å². The minimum Gasteiger partial charge on any atom is -0.378 e. The lowest BCUT2D eigenvalue weighted by Gasteiger charge is -2.41. The molecule has 0 spiro atoms. The van der Waals surface area contributed by atoms with Gasteiger partial charge in [-0.1, -0.05) is 19.1 Å². The summed E-state index contributed by atoms with van der Waals surface area (Å²) in [5, 5.41) is 3.77. The molecule has 2 nitrogen and oxygen atoms in total. The van der Waals surface area contributed by atoms with Crippen molar-refractivity contribution < 1.29 is 4.74 Å². The van der Waals surface area contributed by atoms with Gasteiger partial charge in [-0.05, 0) is 43.4 Å². The van der Waals surface area contributed by atoms with E-state index in [9.17, 15) is 0 Å². The van der Waals surface area contributed by atoms with Gasteiger partial charge in [0.05, 0.1) is 6.10 Å². The zero-order chi connectivity index (χ0) is 11.0. The van der Waals surface area contributed by atoms with Gasteiger partial charge in [-0.3, -0.25) is 0 Å². The maximum Gasteiger partial charge on any atom is 0.0613 e. The number of fused-ring (bicyclic) bond motifs is 1. The van der Waals surface area contributed by atoms with E-state index in [1.165, 1.54) is 32.2 Å². The summed E-state index contributed by atoms with van der Waals surface area (Å²) in [6.45, 7) is 4.38. The molecular formula is C14H23NO. The van der Waals surface area contributed by atoms with E-state index in [-0.39, 0.29) is 0 Å². The molecule has 16 heavy (non-hydrogen) atoms. The van der Waals surface area contributed by atoms with Gasteiger partial charge >= 0.3 is 0 Å². The Kier molecular flexibility index (Phi) is 3.03. The van der Waals surface area contributed by atoms with Gasteiger partial charge in [-0.25, -0.2) is 0 Å². The average molecular weight is 221 g/mol. The third-order valence-electron chi connectivity index (χ3n) is 4.75. The lowest BCUT2D eigenvalue weighted by Crippen LogP contribution is -2.49. The Morgan fingerprint density at radius 3 is 3.19 bits per heavy atom. The summed E-state index contributed by atoms with van der Waals surface area (Å²) in [4.78, 5) is 0. The highest BCUT2D eigenvalue weighted by atomic mass is 16.5. The van der Waals surface area contributed by atoms with Crippen LogP contribution in [0, 0.1) is 17.8 Å². The molecule has 1 N–H and O–H groups in total. The summed E-state index contributed by atoms with van der Waals surface area (Å²) in [7, 11) is 0. The van der Waals surface area contributed by atoms with Crippen LogP contribution in [0.25, 0.3) is 0 Å². The fourth-order valence-electron chi connectivity index (χ4n) is 3.63. The molecule has 5 atom stereocenters. The van der Waals surface area contributed by atoms with Crippen LogP contribution in [-0.2, 0) is 4.74 Å². The van der Waals surface area contributed by atoms with Crippen molar-refractivity contribution in [3.8, 4) is 0 Å². The van der Waals surface area contributed by atoms with E-state index in [1.807, 2.05) is 0 Å². The molecular weight excluding hydrogens is 198 g/mol. The van der Waals surface area contributed by atoms with E-state index < -0.39 is 0 Å². The summed E-state index contributed by atoms with van der Waals surface area (Å²) in [5.41, 5.74) is 0. The third-order valence-corrected chi connectivity index (χ3v) is 4.75. The van der Waals surface area contributed by atoms with Crippen molar-refractivity contribution in [2.24, 2.45) is 17.8 Å². The second kappa shape index (κ2) is 4.50. The van der Waals surface area contributed by atoms with Gasteiger partial charge in [0.25, 0.3) is 0 Å². The van der Waals surface area contributed by atoms with Gasteiger partial charge in [-0.15, -0.1) is 0 Å². The molecule has 5 unspecified atom stereocenters. The molecule has 1 heterocycles. The Morgan fingerprint density at radius 1 is 1.44 bits per heavy atom. The molecule has 0 aromatic heterocycles. The van der Waals surface area contributed by atoms with Gasteiger partial charge in [0.15, 0.2) is 0 Å². The molecule has 3 rings (SSSR count). The minimum absolute atomic E-state index is 0.516. The van der Waals surface area contributed by atoms with E-state index in [0.29, 0.717) is 6.10 Å². The second-order valence-corrected chi connectivity index (χ2v) is 5.62. The van der Waals surface area contributed by atoms with E-state index in [2.05, 4.69) is 24.4 Å². The lowest BCUT2D eigenvalue weighted by atomic mass is 9.71. The Balaban J connectivity index is 1.45. The Bertz CT molecular complexity index is 276. The Morgan fingerprint density at radius 2 is 2.38 bits per heavy atom. The summed E-state index contributed by atoms with van der Waals surface area (Å²) in [6.07, 6.45) is 10.4. The van der Waals surface area contributed by atoms with Gasteiger partial charge < -0.3 is 10.1 Å². The highest BCUT2D eigenvalue weighted by molar-refractivity contribution is 5.12. The summed E-state index contributed by atoms with van der Waals surface area (Å²) < 4.78 is 5.73. The van der Waals surface area contributed by atoms with Crippen LogP contribution in [0.4, 0.5) is 0 Å². The summed E-state index contributed by atoms with van der Waals surface area (Å²) in [5.74, 6) is 2.58. The van der Waals surface area contributed by atoms with Crippen LogP contribution < -0.4 is 5.32 Å². The Labute approximate surface area is 98.4 Å². The zero-order valence-electron chi connectivity index (χ0n) is 10.2. The fourth-order valence-corrected chi connectivity index (χ4v) is 3.63. The molecule has 90 valence electrons. The first kappa shape index (κ1) is 10.8. The van der Waals surface area contributed by atoms with Crippen LogP contribution in [-0.4, -0.2) is 25.3 Å². The first-order chi connectivity index (χ1) is 7.88. The number of ether oxygens (including phenoxy) is 1. The molecule has 0 bridgehead atoms. The smallest absolute Gasteiger partial charge is 0.0613 e. The standard InChI is InChI=1S/C14H23NO/c1-2-14-11(6-7-16-14)9-15-13-8-10-4-3-5-12(10)13/h3,5,10-15H,2,4,6-9H2,1H3. The SMILES string of the molecule is CCC1OCCC1CNC1CC2CC=CC21. The first-order valence-electron chi connectivity index (χ1n) is 6.90. The van der Waals surface area contributed by atoms with E-state index >= 15 is 0 Å². The Hall–Kier alpha value is -0.340. The highest BCUT2D eigenvalue weighted by Gasteiger charge is 2.41. The molecule has 0 aromatic carbocycles. The van der Waals surface area contributed by atoms with Gasteiger partial charge in [0, 0.05) is 19.2 Å². The fraction of sp³-hybridized carbons (Fsp3) is 0.857. The van der Waals surface area contributed by atoms with Crippen molar-refractivity contribution in [3.05, 3.63) is 12.2 Å². The van der Waals surface area contributed by atoms with Crippen LogP contribution in [0.1, 0.15) is 32.6 Å². The quantitative estimate of drug-likeness (QED) is 0.736. The lowest BCUT2D eigenvalue weighted by molar-refractivity contribution is 0.0818. The number of rotatable bonds is 4. The second-order valence-electron chi connectivity index (χ2n) is 5.62. The third kappa shape index (κ3) is 1.82. The van der Waals surface area contributed by atoms with Crippen LogP contribution >= 0.6 is 0 Å². The molecule has 2 fully saturated rings. The monoisotopic (exact) mass is 221 g/mol. The van der Waals surface area contributed by atoms with Crippen molar-refractivity contribution in [1.82, 2.24) is 5.32 Å². The van der Waals surface area contributed by atoms with E-state index in [1.54, 1.807) is 0 Å². The number of allylic oxidation sites excluding steroid dienone is 1. The zero-order valence-corrected chi connectivity index (χ0v) is 10.2. The normalized spacial score (nSPS) is 45.7.